The molecule has 0 saturated carbocycles. The highest BCUT2D eigenvalue weighted by Crippen LogP contribution is 2.41. The number of amides is 3. The second-order valence-corrected chi connectivity index (χ2v) is 17.2. The molecule has 0 saturated heterocycles. The van der Waals surface area contributed by atoms with Crippen LogP contribution >= 0.6 is 0 Å². The average molecular weight is 924 g/mol. The molecule has 9 N–H and O–H groups in total. The van der Waals surface area contributed by atoms with E-state index in [-0.39, 0.29) is 70.7 Å². The summed E-state index contributed by atoms with van der Waals surface area (Å²) >= 11 is 0. The van der Waals surface area contributed by atoms with Gasteiger partial charge >= 0.3 is 0 Å². The van der Waals surface area contributed by atoms with Gasteiger partial charge in [0.15, 0.2) is 17.3 Å². The molecule has 3 aromatic carbocycles. The van der Waals surface area contributed by atoms with Crippen molar-refractivity contribution < 1.29 is 43.3 Å². The second kappa shape index (κ2) is 27.6. The molecule has 4 rings (SSSR count). The predicted octanol–water partition coefficient (Wildman–Crippen LogP) is 4.27. The first-order valence-electron chi connectivity index (χ1n) is 23.5. The van der Waals surface area contributed by atoms with Gasteiger partial charge in [0.05, 0.1) is 18.7 Å². The molecule has 0 fully saturated rings. The Hall–Kier alpha value is -5.99. The van der Waals surface area contributed by atoms with Crippen molar-refractivity contribution in [2.45, 2.75) is 109 Å². The van der Waals surface area contributed by atoms with E-state index < -0.39 is 72.3 Å². The Morgan fingerprint density at radius 3 is 2.18 bits per heavy atom. The molecule has 16 heteroatoms. The maximum Gasteiger partial charge on any atom is 0.251 e. The van der Waals surface area contributed by atoms with E-state index in [2.05, 4.69) is 17.6 Å². The summed E-state index contributed by atoms with van der Waals surface area (Å²) in [5, 5.41) is 25.0. The van der Waals surface area contributed by atoms with Crippen LogP contribution in [-0.2, 0) is 36.8 Å². The molecule has 5 atom stereocenters. The van der Waals surface area contributed by atoms with E-state index in [1.165, 1.54) is 31.2 Å². The zero-order chi connectivity index (χ0) is 48.9. The van der Waals surface area contributed by atoms with E-state index in [0.29, 0.717) is 39.3 Å². The zero-order valence-electron chi connectivity index (χ0n) is 39.2. The van der Waals surface area contributed by atoms with Crippen LogP contribution in [0.3, 0.4) is 0 Å². The third-order valence-electron chi connectivity index (χ3n) is 12.0. The maximum absolute atomic E-state index is 14.7. The molecule has 4 bridgehead atoms. The van der Waals surface area contributed by atoms with Crippen LogP contribution in [0.5, 0.6) is 11.5 Å². The first-order valence-corrected chi connectivity index (χ1v) is 23.5. The number of carbonyl (C=O) groups excluding carboxylic acids is 6. The number of benzene rings is 3. The van der Waals surface area contributed by atoms with Crippen LogP contribution in [0.4, 0.5) is 0 Å². The normalized spacial score (nSPS) is 17.0. The molecule has 1 heterocycles. The number of nitrogens with one attached hydrogen (secondary N) is 2. The second-order valence-electron chi connectivity index (χ2n) is 17.2. The number of nitrogens with two attached hydrogens (primary N) is 3. The van der Waals surface area contributed by atoms with Crippen LogP contribution < -0.4 is 37.3 Å². The van der Waals surface area contributed by atoms with Crippen LogP contribution in [0.15, 0.2) is 60.7 Å². The van der Waals surface area contributed by atoms with Crippen molar-refractivity contribution in [3.63, 3.8) is 0 Å². The topological polar surface area (TPSA) is 270 Å². The highest BCUT2D eigenvalue weighted by atomic mass is 16.5. The fraction of sp³-hybridized carbons (Fsp3) is 0.510. The van der Waals surface area contributed by atoms with Gasteiger partial charge in [0, 0.05) is 74.3 Å². The smallest absolute Gasteiger partial charge is 0.251 e. The number of aliphatic hydroxyl groups is 1. The number of carbonyl (C=O) groups is 6. The Bertz CT molecular complexity index is 2190. The van der Waals surface area contributed by atoms with E-state index in [9.17, 15) is 39.1 Å². The Labute approximate surface area is 394 Å². The summed E-state index contributed by atoms with van der Waals surface area (Å²) in [7, 11) is 1.44. The SMILES string of the molecule is CCCCCCCc1ccc(C(=O)N[C@@H](CO)C(=O)C[C@@H](CCN)C(=O)N(C)[C@@H]2C(=O)C[C@@H](C)C(=O)N[C@H](C(=O)CCC#N)Cc3ccc(OCCN)c(c3)-c3cc2ccc3OCCN)cc1. The van der Waals surface area contributed by atoms with Crippen molar-refractivity contribution in [3.05, 3.63) is 82.9 Å². The van der Waals surface area contributed by atoms with Crippen LogP contribution in [0.2, 0.25) is 0 Å². The molecule has 1 aliphatic rings. The third kappa shape index (κ3) is 15.5. The summed E-state index contributed by atoms with van der Waals surface area (Å²) in [6, 6.07) is 15.7. The van der Waals surface area contributed by atoms with Crippen molar-refractivity contribution in [3.8, 4) is 28.7 Å². The molecule has 362 valence electrons. The summed E-state index contributed by atoms with van der Waals surface area (Å²) in [6.45, 7) is 3.69. The largest absolute Gasteiger partial charge is 0.492 e. The van der Waals surface area contributed by atoms with E-state index >= 15 is 0 Å². The van der Waals surface area contributed by atoms with Gasteiger partial charge in [-0.1, -0.05) is 63.8 Å². The molecule has 67 heavy (non-hydrogen) atoms. The number of Topliss-reactive ketones (excluding diaryl/α,β-unsaturated/α-hetero) is 3. The summed E-state index contributed by atoms with van der Waals surface area (Å²) in [4.78, 5) is 85.0. The monoisotopic (exact) mass is 924 g/mol. The van der Waals surface area contributed by atoms with Gasteiger partial charge in [-0.2, -0.15) is 5.26 Å². The summed E-state index contributed by atoms with van der Waals surface area (Å²) in [5.74, 6) is -4.43. The van der Waals surface area contributed by atoms with Crippen LogP contribution in [-0.4, -0.2) is 104 Å². The number of aliphatic hydroxyl groups excluding tert-OH is 1. The highest BCUT2D eigenvalue weighted by molar-refractivity contribution is 6.00. The van der Waals surface area contributed by atoms with Crippen molar-refractivity contribution in [1.82, 2.24) is 15.5 Å². The molecule has 16 nitrogen and oxygen atoms in total. The highest BCUT2D eigenvalue weighted by Gasteiger charge is 2.37. The van der Waals surface area contributed by atoms with Crippen molar-refractivity contribution in [1.29, 1.82) is 5.26 Å². The molecule has 3 amide bonds. The van der Waals surface area contributed by atoms with Crippen molar-refractivity contribution >= 4 is 35.1 Å². The Kier molecular flexibility index (Phi) is 22.1. The number of nitriles is 1. The molecule has 1 aliphatic heterocycles. The van der Waals surface area contributed by atoms with Gasteiger partial charge in [-0.15, -0.1) is 0 Å². The summed E-state index contributed by atoms with van der Waals surface area (Å²) in [6.07, 6.45) is 5.82. The molecule has 0 radical (unpaired) electrons. The van der Waals surface area contributed by atoms with Crippen molar-refractivity contribution in [2.75, 3.05) is 46.5 Å². The van der Waals surface area contributed by atoms with Crippen LogP contribution in [0.1, 0.15) is 111 Å². The lowest BCUT2D eigenvalue weighted by molar-refractivity contribution is -0.144. The number of aryl methyl sites for hydroxylation is 1. The standard InChI is InChI=1S/C51H69N7O9/c1-4-5-6-7-8-10-34-12-15-36(16-13-34)50(64)57-42(32-59)44(61)31-38(20-22-53)51(65)58(3)48-37-17-19-47(67-26-24-55)40(30-37)39-28-35(14-18-46(39)66-25-23-54)29-41(43(60)11-9-21-52)56-49(63)33(2)27-45(48)62/h12-19,28,30,33,38,41-42,48,59H,4-11,20,22-27,29,31-32,53-55H2,1-3H3,(H,56,63)(H,57,64)/t33-,38-,41+,42+,48+/m1/s1. The third-order valence-corrected chi connectivity index (χ3v) is 12.0. The molecule has 0 aromatic heterocycles. The van der Waals surface area contributed by atoms with Gasteiger partial charge in [-0.05, 0) is 85.3 Å². The van der Waals surface area contributed by atoms with Crippen molar-refractivity contribution in [2.24, 2.45) is 29.0 Å². The van der Waals surface area contributed by atoms with Gasteiger partial charge in [0.1, 0.15) is 36.8 Å². The molecule has 0 spiro atoms. The molecule has 0 unspecified atom stereocenters. The number of ketones is 3. The fourth-order valence-corrected chi connectivity index (χ4v) is 8.25. The molecular weight excluding hydrogens is 855 g/mol. The first-order chi connectivity index (χ1) is 32.3. The Morgan fingerprint density at radius 1 is 0.896 bits per heavy atom. The zero-order valence-corrected chi connectivity index (χ0v) is 39.2. The summed E-state index contributed by atoms with van der Waals surface area (Å²) in [5.41, 5.74) is 21.1. The lowest BCUT2D eigenvalue weighted by Crippen LogP contribution is -2.47. The predicted molar refractivity (Wildman–Crippen MR) is 255 cm³/mol. The Morgan fingerprint density at radius 2 is 1.55 bits per heavy atom. The average Bonchev–Trinajstić information content (AvgIpc) is 3.32. The van der Waals surface area contributed by atoms with E-state index in [0.717, 1.165) is 24.8 Å². The molecule has 3 aromatic rings. The lowest BCUT2D eigenvalue weighted by atomic mass is 9.88. The number of rotatable bonds is 25. The van der Waals surface area contributed by atoms with Crippen LogP contribution in [0.25, 0.3) is 11.1 Å². The maximum atomic E-state index is 14.7. The van der Waals surface area contributed by atoms with Gasteiger partial charge in [-0.25, -0.2) is 0 Å². The number of unbranched alkanes of at least 4 members (excludes halogenated alkanes) is 4. The molecular formula is C51H69N7O9. The van der Waals surface area contributed by atoms with Gasteiger partial charge in [0.25, 0.3) is 5.91 Å². The summed E-state index contributed by atoms with van der Waals surface area (Å²) < 4.78 is 12.2. The fourth-order valence-electron chi connectivity index (χ4n) is 8.25. The van der Waals surface area contributed by atoms with Gasteiger partial charge in [0.2, 0.25) is 11.8 Å². The van der Waals surface area contributed by atoms with Crippen LogP contribution in [0, 0.1) is 23.2 Å². The number of hydrogen-bond donors (Lipinski definition) is 6. The first kappa shape index (κ1) is 53.6. The number of ether oxygens (including phenoxy) is 2. The lowest BCUT2D eigenvalue weighted by Gasteiger charge is -2.32. The number of likely N-dealkylation sites (N-methyl/N-ethyl adjacent to an activating group) is 1. The number of hydrogen-bond acceptors (Lipinski definition) is 13. The van der Waals surface area contributed by atoms with E-state index in [1.807, 2.05) is 18.2 Å². The van der Waals surface area contributed by atoms with E-state index in [4.69, 9.17) is 26.7 Å². The molecule has 0 aliphatic carbocycles. The minimum Gasteiger partial charge on any atom is -0.492 e. The minimum absolute atomic E-state index is 0.00193. The minimum atomic E-state index is -1.33. The van der Waals surface area contributed by atoms with E-state index in [1.54, 1.807) is 55.5 Å². The van der Waals surface area contributed by atoms with Gasteiger partial charge < -0.3 is 47.3 Å². The number of nitrogens with zero attached hydrogens (tertiary/aromatic N) is 2. The van der Waals surface area contributed by atoms with Gasteiger partial charge in [-0.3, -0.25) is 28.8 Å². The Balaban J connectivity index is 1.71. The number of fused-ring (bicyclic) bond motifs is 5. The quantitative estimate of drug-likeness (QED) is 0.0650.